The number of halogens is 6. The van der Waals surface area contributed by atoms with E-state index in [-0.39, 0.29) is 27.9 Å². The molecular weight excluding hydrogens is 819 g/mol. The van der Waals surface area contributed by atoms with Crippen molar-refractivity contribution >= 4 is 23.2 Å². The molecule has 0 saturated carbocycles. The summed E-state index contributed by atoms with van der Waals surface area (Å²) in [6, 6.07) is 26.8. The van der Waals surface area contributed by atoms with Crippen molar-refractivity contribution < 1.29 is 35.9 Å². The van der Waals surface area contributed by atoms with Gasteiger partial charge in [-0.3, -0.25) is 28.3 Å². The van der Waals surface area contributed by atoms with Crippen LogP contribution in [0.5, 0.6) is 0 Å². The van der Waals surface area contributed by atoms with Crippen LogP contribution in [0.1, 0.15) is 80.0 Å². The maximum atomic E-state index is 13.1. The van der Waals surface area contributed by atoms with Gasteiger partial charge >= 0.3 is 12.4 Å². The average molecular weight is 863 g/mol. The first kappa shape index (κ1) is 45.9. The monoisotopic (exact) mass is 862 g/mol. The van der Waals surface area contributed by atoms with Crippen LogP contribution >= 0.6 is 11.3 Å². The molecule has 6 aromatic rings. The molecule has 61 heavy (non-hydrogen) atoms. The van der Waals surface area contributed by atoms with E-state index in [9.17, 15) is 45.5 Å². The lowest BCUT2D eigenvalue weighted by atomic mass is 9.86. The summed E-state index contributed by atoms with van der Waals surface area (Å²) in [6.07, 6.45) is -7.83. The highest BCUT2D eigenvalue weighted by Crippen LogP contribution is 2.31. The van der Waals surface area contributed by atoms with Crippen LogP contribution in [0.15, 0.2) is 124 Å². The minimum Gasteiger partial charge on any atom is -0.352 e. The Morgan fingerprint density at radius 3 is 1.44 bits per heavy atom. The molecule has 2 amide bonds. The Morgan fingerprint density at radius 2 is 1.03 bits per heavy atom. The summed E-state index contributed by atoms with van der Waals surface area (Å²) in [5.74, 6) is -1.12. The van der Waals surface area contributed by atoms with Gasteiger partial charge in [-0.05, 0) is 115 Å². The third-order valence-corrected chi connectivity index (χ3v) is 10.6. The molecule has 0 unspecified atom stereocenters. The molecule has 6 rings (SSSR count). The van der Waals surface area contributed by atoms with Crippen LogP contribution in [0.2, 0.25) is 0 Å². The number of carbonyl (C=O) groups excluding carboxylic acids is 2. The number of nitrogens with zero attached hydrogens (tertiary/aromatic N) is 2. The maximum absolute atomic E-state index is 13.1. The number of rotatable bonds is 10. The summed E-state index contributed by atoms with van der Waals surface area (Å²) in [6.45, 7) is 10.3. The van der Waals surface area contributed by atoms with Crippen LogP contribution < -0.4 is 21.8 Å². The van der Waals surface area contributed by atoms with Crippen molar-refractivity contribution in [3.63, 3.8) is 0 Å². The number of carbonyl (C=O) groups is 2. The normalized spacial score (nSPS) is 11.7. The fourth-order valence-electron chi connectivity index (χ4n) is 6.33. The summed E-state index contributed by atoms with van der Waals surface area (Å²) in [5.41, 5.74) is 0.00211. The molecule has 15 heteroatoms. The molecule has 0 atom stereocenters. The maximum Gasteiger partial charge on any atom is 0.416 e. The first-order chi connectivity index (χ1) is 28.6. The Kier molecular flexibility index (Phi) is 14.3. The van der Waals surface area contributed by atoms with Crippen molar-refractivity contribution in [2.45, 2.75) is 65.2 Å². The minimum atomic E-state index is -4.53. The van der Waals surface area contributed by atoms with E-state index in [0.29, 0.717) is 37.3 Å². The molecule has 0 radical (unpaired) electrons. The molecule has 2 N–H and O–H groups in total. The Bertz CT molecular complexity index is 2610. The molecule has 3 heterocycles. The lowest BCUT2D eigenvalue weighted by Gasteiger charge is -2.19. The zero-order valence-corrected chi connectivity index (χ0v) is 34.8. The largest absolute Gasteiger partial charge is 0.416 e. The van der Waals surface area contributed by atoms with Crippen LogP contribution in [0.3, 0.4) is 0 Å². The molecule has 0 aliphatic carbocycles. The molecule has 0 aliphatic rings. The lowest BCUT2D eigenvalue weighted by Crippen LogP contribution is -2.34. The van der Waals surface area contributed by atoms with Crippen LogP contribution in [0.25, 0.3) is 11.4 Å². The number of thiophene rings is 1. The number of hydrogen-bond donors (Lipinski definition) is 2. The quantitative estimate of drug-likeness (QED) is 0.134. The van der Waals surface area contributed by atoms with E-state index in [1.807, 2.05) is 29.6 Å². The van der Waals surface area contributed by atoms with Gasteiger partial charge in [0.25, 0.3) is 22.9 Å². The van der Waals surface area contributed by atoms with Gasteiger partial charge < -0.3 is 10.6 Å². The van der Waals surface area contributed by atoms with Gasteiger partial charge in [0.05, 0.1) is 11.1 Å². The van der Waals surface area contributed by atoms with E-state index in [4.69, 9.17) is 0 Å². The SMILES string of the molecule is Cc1ccc(C(=O)NCCc2ccc(C(C)(C)C)cc2)c(=O)n1-c1cccc(C(F)(F)F)c1.Cc1ccc(C(=O)NCCc2cccs2)c(=O)n1-c1cccc(C(F)(F)F)c1. The second-order valence-corrected chi connectivity index (χ2v) is 16.2. The Labute approximate surface area is 352 Å². The molecule has 3 aromatic heterocycles. The van der Waals surface area contributed by atoms with Gasteiger partial charge in [0.15, 0.2) is 0 Å². The van der Waals surface area contributed by atoms with Crippen LogP contribution in [-0.4, -0.2) is 34.0 Å². The highest BCUT2D eigenvalue weighted by molar-refractivity contribution is 7.09. The standard InChI is InChI=1S/C26H27F3N2O2.C20H17F3N2O2S/c1-17-8-13-22(24(33)31(17)21-7-5-6-20(16-21)26(27,28)29)23(32)30-15-14-18-9-11-19(12-10-18)25(2,3)4;1-13-7-8-17(18(26)24-10-9-16-6-3-11-28-16)19(27)25(13)15-5-2-4-14(12-15)20(21,22)23/h5-13,16H,14-15H2,1-4H3,(H,30,32);2-8,11-12H,9-10H2,1H3,(H,24,26). The third kappa shape index (κ3) is 11.7. The van der Waals surface area contributed by atoms with Crippen molar-refractivity contribution in [2.75, 3.05) is 13.1 Å². The van der Waals surface area contributed by atoms with Gasteiger partial charge in [0, 0.05) is 40.7 Å². The first-order valence-electron chi connectivity index (χ1n) is 19.1. The molecule has 0 bridgehead atoms. The Morgan fingerprint density at radius 1 is 0.574 bits per heavy atom. The number of aryl methyl sites for hydroxylation is 2. The van der Waals surface area contributed by atoms with Gasteiger partial charge in [-0.25, -0.2) is 0 Å². The molecule has 0 aliphatic heterocycles. The van der Waals surface area contributed by atoms with Gasteiger partial charge in [0.2, 0.25) is 0 Å². The van der Waals surface area contributed by atoms with E-state index in [1.165, 1.54) is 48.0 Å². The minimum absolute atomic E-state index is 0.0533. The summed E-state index contributed by atoms with van der Waals surface area (Å²) < 4.78 is 80.5. The molecule has 0 fully saturated rings. The number of nitrogens with one attached hydrogen (secondary N) is 2. The third-order valence-electron chi connectivity index (χ3n) is 9.66. The van der Waals surface area contributed by atoms with Gasteiger partial charge in [-0.15, -0.1) is 11.3 Å². The van der Waals surface area contributed by atoms with Crippen LogP contribution in [0, 0.1) is 13.8 Å². The van der Waals surface area contributed by atoms with Crippen molar-refractivity contribution in [3.8, 4) is 11.4 Å². The Balaban J connectivity index is 0.000000234. The second kappa shape index (κ2) is 19.0. The number of alkyl halides is 6. The number of amides is 2. The van der Waals surface area contributed by atoms with Crippen molar-refractivity contribution in [1.29, 1.82) is 0 Å². The van der Waals surface area contributed by atoms with E-state index in [0.717, 1.165) is 43.8 Å². The number of pyridine rings is 2. The zero-order chi connectivity index (χ0) is 44.7. The first-order valence-corrected chi connectivity index (χ1v) is 20.0. The topological polar surface area (TPSA) is 102 Å². The van der Waals surface area contributed by atoms with Crippen molar-refractivity contribution in [1.82, 2.24) is 19.8 Å². The summed E-state index contributed by atoms with van der Waals surface area (Å²) >= 11 is 1.57. The smallest absolute Gasteiger partial charge is 0.352 e. The van der Waals surface area contributed by atoms with Gasteiger partial charge in [-0.2, -0.15) is 26.3 Å². The predicted molar refractivity (Wildman–Crippen MR) is 225 cm³/mol. The molecule has 320 valence electrons. The summed E-state index contributed by atoms with van der Waals surface area (Å²) in [7, 11) is 0. The zero-order valence-electron chi connectivity index (χ0n) is 34.0. The lowest BCUT2D eigenvalue weighted by molar-refractivity contribution is -0.138. The highest BCUT2D eigenvalue weighted by Gasteiger charge is 2.32. The van der Waals surface area contributed by atoms with Gasteiger partial charge in [-0.1, -0.05) is 63.2 Å². The van der Waals surface area contributed by atoms with Crippen molar-refractivity contribution in [2.24, 2.45) is 0 Å². The molecule has 0 saturated heterocycles. The number of benzene rings is 3. The number of hydrogen-bond acceptors (Lipinski definition) is 5. The van der Waals surface area contributed by atoms with E-state index >= 15 is 0 Å². The average Bonchev–Trinajstić information content (AvgIpc) is 3.71. The van der Waals surface area contributed by atoms with E-state index < -0.39 is 46.4 Å². The van der Waals surface area contributed by atoms with E-state index in [2.05, 4.69) is 43.5 Å². The molecule has 3 aromatic carbocycles. The second-order valence-electron chi connectivity index (χ2n) is 15.2. The van der Waals surface area contributed by atoms with Crippen LogP contribution in [0.4, 0.5) is 26.3 Å². The number of aromatic nitrogens is 2. The van der Waals surface area contributed by atoms with Crippen molar-refractivity contribution in [3.05, 3.63) is 185 Å². The summed E-state index contributed by atoms with van der Waals surface area (Å²) in [5, 5.41) is 7.36. The van der Waals surface area contributed by atoms with Gasteiger partial charge in [0.1, 0.15) is 11.1 Å². The highest BCUT2D eigenvalue weighted by atomic mass is 32.1. The van der Waals surface area contributed by atoms with E-state index in [1.54, 1.807) is 31.3 Å². The molecule has 8 nitrogen and oxygen atoms in total. The fourth-order valence-corrected chi connectivity index (χ4v) is 7.04. The molecule has 0 spiro atoms. The Hall–Kier alpha value is -6.22. The summed E-state index contributed by atoms with van der Waals surface area (Å²) in [4.78, 5) is 52.0. The van der Waals surface area contributed by atoms with Crippen LogP contribution in [-0.2, 0) is 30.6 Å². The fraction of sp³-hybridized carbons (Fsp3) is 0.261. The molecular formula is C46H44F6N4O4S. The predicted octanol–water partition coefficient (Wildman–Crippen LogP) is 9.63.